The van der Waals surface area contributed by atoms with Crippen LogP contribution in [-0.2, 0) is 0 Å². The van der Waals surface area contributed by atoms with Crippen LogP contribution in [0.5, 0.6) is 0 Å². The number of hydrogen-bond acceptors (Lipinski definition) is 2. The molecule has 0 atom stereocenters. The highest BCUT2D eigenvalue weighted by Gasteiger charge is 1.92. The van der Waals surface area contributed by atoms with E-state index in [1.165, 1.54) is 12.1 Å². The summed E-state index contributed by atoms with van der Waals surface area (Å²) in [5, 5.41) is 1.83. The van der Waals surface area contributed by atoms with Gasteiger partial charge in [-0.15, -0.1) is 4.48 Å². The van der Waals surface area contributed by atoms with E-state index in [2.05, 4.69) is 0 Å². The molecule has 0 aromatic rings. The van der Waals surface area contributed by atoms with Crippen molar-refractivity contribution >= 4 is 0 Å². The highest BCUT2D eigenvalue weighted by atomic mass is 19.2. The standard InChI is InChI=1S/C5H11FN2/c1-4-5-7(2)8(3)6/h4-5H,1-3H3/b5-4-. The van der Waals surface area contributed by atoms with Crippen molar-refractivity contribution in [3.8, 4) is 0 Å². The first kappa shape index (κ1) is 7.43. The van der Waals surface area contributed by atoms with Crippen molar-refractivity contribution in [2.75, 3.05) is 14.1 Å². The van der Waals surface area contributed by atoms with Crippen molar-refractivity contribution < 1.29 is 4.48 Å². The van der Waals surface area contributed by atoms with Crippen molar-refractivity contribution in [1.82, 2.24) is 10.2 Å². The van der Waals surface area contributed by atoms with Gasteiger partial charge in [-0.05, 0) is 6.92 Å². The second kappa shape index (κ2) is 3.43. The molecular weight excluding hydrogens is 107 g/mol. The minimum absolute atomic E-state index is 0.500. The summed E-state index contributed by atoms with van der Waals surface area (Å²) in [5.74, 6) is 0. The van der Waals surface area contributed by atoms with E-state index in [-0.39, 0.29) is 0 Å². The summed E-state index contributed by atoms with van der Waals surface area (Å²) < 4.78 is 12.0. The molecule has 0 heterocycles. The van der Waals surface area contributed by atoms with Crippen molar-refractivity contribution in [1.29, 1.82) is 0 Å². The van der Waals surface area contributed by atoms with Crippen molar-refractivity contribution in [3.63, 3.8) is 0 Å². The molecule has 0 radical (unpaired) electrons. The van der Waals surface area contributed by atoms with Crippen LogP contribution in [0.25, 0.3) is 0 Å². The van der Waals surface area contributed by atoms with E-state index in [0.29, 0.717) is 5.23 Å². The van der Waals surface area contributed by atoms with Crippen LogP contribution in [-0.4, -0.2) is 24.3 Å². The quantitative estimate of drug-likeness (QED) is 0.397. The summed E-state index contributed by atoms with van der Waals surface area (Å²) in [6, 6.07) is 0. The average molecular weight is 118 g/mol. The zero-order valence-corrected chi connectivity index (χ0v) is 5.43. The van der Waals surface area contributed by atoms with E-state index >= 15 is 0 Å². The molecule has 0 fully saturated rings. The molecule has 0 aromatic carbocycles. The molecule has 48 valence electrons. The fraction of sp³-hybridized carbons (Fsp3) is 0.600. The Kier molecular flexibility index (Phi) is 3.19. The second-order valence-corrected chi connectivity index (χ2v) is 1.50. The Labute approximate surface area is 49.1 Å². The average Bonchev–Trinajstić information content (AvgIpc) is 1.67. The smallest absolute Gasteiger partial charge is 0.0393 e. The monoisotopic (exact) mass is 118 g/mol. The van der Waals surface area contributed by atoms with Gasteiger partial charge in [0, 0.05) is 20.3 Å². The molecule has 0 saturated carbocycles. The molecule has 0 rings (SSSR count). The van der Waals surface area contributed by atoms with Gasteiger partial charge >= 0.3 is 0 Å². The second-order valence-electron chi connectivity index (χ2n) is 1.50. The molecule has 0 spiro atoms. The molecule has 2 nitrogen and oxygen atoms in total. The zero-order chi connectivity index (χ0) is 6.57. The summed E-state index contributed by atoms with van der Waals surface area (Å²) >= 11 is 0. The molecule has 0 saturated heterocycles. The van der Waals surface area contributed by atoms with Gasteiger partial charge < -0.3 is 0 Å². The molecule has 0 aromatic heterocycles. The van der Waals surface area contributed by atoms with Gasteiger partial charge in [0.25, 0.3) is 0 Å². The van der Waals surface area contributed by atoms with Gasteiger partial charge in [0.1, 0.15) is 0 Å². The van der Waals surface area contributed by atoms with Crippen LogP contribution in [0.15, 0.2) is 12.3 Å². The van der Waals surface area contributed by atoms with Crippen LogP contribution in [0.2, 0.25) is 0 Å². The van der Waals surface area contributed by atoms with Gasteiger partial charge in [0.15, 0.2) is 0 Å². The van der Waals surface area contributed by atoms with E-state index in [0.717, 1.165) is 0 Å². The summed E-state index contributed by atoms with van der Waals surface area (Å²) in [4.78, 5) is 0. The molecule has 0 N–H and O–H groups in total. The zero-order valence-electron chi connectivity index (χ0n) is 5.43. The molecule has 0 amide bonds. The van der Waals surface area contributed by atoms with Crippen LogP contribution in [0, 0.1) is 0 Å². The van der Waals surface area contributed by atoms with Crippen LogP contribution < -0.4 is 0 Å². The summed E-state index contributed by atoms with van der Waals surface area (Å²) in [6.45, 7) is 1.83. The van der Waals surface area contributed by atoms with E-state index in [4.69, 9.17) is 0 Å². The van der Waals surface area contributed by atoms with Gasteiger partial charge in [-0.3, -0.25) is 5.01 Å². The molecule has 0 bridgehead atoms. The third-order valence-electron chi connectivity index (χ3n) is 0.800. The Hall–Kier alpha value is -0.570. The van der Waals surface area contributed by atoms with Gasteiger partial charge in [0.2, 0.25) is 0 Å². The maximum atomic E-state index is 12.0. The minimum Gasteiger partial charge on any atom is -0.290 e. The lowest BCUT2D eigenvalue weighted by Gasteiger charge is -2.15. The predicted octanol–water partition coefficient (Wildman–Crippen LogP) is 1.18. The van der Waals surface area contributed by atoms with E-state index in [1.807, 2.05) is 6.92 Å². The lowest BCUT2D eigenvalue weighted by Crippen LogP contribution is -2.23. The molecule has 0 aliphatic rings. The number of rotatable bonds is 2. The summed E-state index contributed by atoms with van der Waals surface area (Å²) in [6.07, 6.45) is 3.38. The first-order valence-electron chi connectivity index (χ1n) is 2.43. The SMILES string of the molecule is C/C=C\N(C)N(C)F. The molecule has 0 aliphatic heterocycles. The highest BCUT2D eigenvalue weighted by Crippen LogP contribution is 1.89. The molecule has 8 heavy (non-hydrogen) atoms. The Morgan fingerprint density at radius 1 is 1.38 bits per heavy atom. The normalized spacial score (nSPS) is 11.1. The topological polar surface area (TPSA) is 6.48 Å². The first-order chi connectivity index (χ1) is 3.68. The van der Waals surface area contributed by atoms with E-state index in [1.54, 1.807) is 19.3 Å². The highest BCUT2D eigenvalue weighted by molar-refractivity contribution is 4.72. The first-order valence-corrected chi connectivity index (χ1v) is 2.43. The Bertz CT molecular complexity index is 80.5. The fourth-order valence-corrected chi connectivity index (χ4v) is 0.308. The Morgan fingerprint density at radius 2 is 1.88 bits per heavy atom. The number of halogens is 1. The number of hydrazine groups is 1. The molecule has 3 heteroatoms. The number of nitrogens with zero attached hydrogens (tertiary/aromatic N) is 2. The largest absolute Gasteiger partial charge is 0.290 e. The van der Waals surface area contributed by atoms with Crippen LogP contribution in [0.4, 0.5) is 4.48 Å². The Balaban J connectivity index is 3.47. The third-order valence-corrected chi connectivity index (χ3v) is 0.800. The van der Waals surface area contributed by atoms with Crippen molar-refractivity contribution in [3.05, 3.63) is 12.3 Å². The predicted molar refractivity (Wildman–Crippen MR) is 31.4 cm³/mol. The lowest BCUT2D eigenvalue weighted by molar-refractivity contribution is -0.103. The van der Waals surface area contributed by atoms with Crippen LogP contribution in [0.3, 0.4) is 0 Å². The third kappa shape index (κ3) is 2.58. The van der Waals surface area contributed by atoms with Crippen LogP contribution in [0.1, 0.15) is 6.92 Å². The molecular formula is C5H11FN2. The van der Waals surface area contributed by atoms with E-state index in [9.17, 15) is 4.48 Å². The van der Waals surface area contributed by atoms with Gasteiger partial charge in [-0.2, -0.15) is 0 Å². The Morgan fingerprint density at radius 3 is 2.00 bits per heavy atom. The van der Waals surface area contributed by atoms with Crippen LogP contribution >= 0.6 is 0 Å². The summed E-state index contributed by atoms with van der Waals surface area (Å²) in [7, 11) is 2.96. The van der Waals surface area contributed by atoms with E-state index < -0.39 is 0 Å². The van der Waals surface area contributed by atoms with Crippen molar-refractivity contribution in [2.45, 2.75) is 6.92 Å². The number of hydrogen-bond donors (Lipinski definition) is 0. The minimum atomic E-state index is 0.500. The maximum absolute atomic E-state index is 12.0. The number of allylic oxidation sites excluding steroid dienone is 1. The lowest BCUT2D eigenvalue weighted by atomic mass is 10.7. The maximum Gasteiger partial charge on any atom is 0.0393 e. The van der Waals surface area contributed by atoms with Crippen molar-refractivity contribution in [2.24, 2.45) is 0 Å². The fourth-order valence-electron chi connectivity index (χ4n) is 0.308. The summed E-state index contributed by atoms with van der Waals surface area (Å²) in [5.41, 5.74) is 0. The van der Waals surface area contributed by atoms with Gasteiger partial charge in [0.05, 0.1) is 0 Å². The van der Waals surface area contributed by atoms with Gasteiger partial charge in [-0.1, -0.05) is 11.3 Å². The molecule has 0 aliphatic carbocycles. The van der Waals surface area contributed by atoms with Gasteiger partial charge in [-0.25, -0.2) is 0 Å². The molecule has 0 unspecified atom stereocenters.